The third kappa shape index (κ3) is 5.55. The molecule has 1 amide bonds. The Labute approximate surface area is 130 Å². The Morgan fingerprint density at radius 2 is 2.00 bits per heavy atom. The van der Waals surface area contributed by atoms with E-state index in [1.165, 1.54) is 0 Å². The topological polar surface area (TPSA) is 77.0 Å². The van der Waals surface area contributed by atoms with Crippen molar-refractivity contribution >= 4 is 17.6 Å². The number of nitrogens with one attached hydrogen (secondary N) is 1. The number of amides is 1. The van der Waals surface area contributed by atoms with Crippen LogP contribution < -0.4 is 10.2 Å². The van der Waals surface area contributed by atoms with Gasteiger partial charge in [-0.1, -0.05) is 18.2 Å². The molecule has 0 aliphatic rings. The summed E-state index contributed by atoms with van der Waals surface area (Å²) in [5.41, 5.74) is 3.79. The number of carbonyl (C=O) groups excluding carboxylic acids is 2. The summed E-state index contributed by atoms with van der Waals surface area (Å²) >= 11 is 0. The maximum atomic E-state index is 11.7. The van der Waals surface area contributed by atoms with E-state index in [0.29, 0.717) is 18.1 Å². The summed E-state index contributed by atoms with van der Waals surface area (Å²) < 4.78 is 10.3. The van der Waals surface area contributed by atoms with Crippen LogP contribution in [0.25, 0.3) is 0 Å². The van der Waals surface area contributed by atoms with Crippen molar-refractivity contribution in [3.05, 3.63) is 29.8 Å². The largest absolute Gasteiger partial charge is 0.483 e. The standard InChI is InChI=1S/C16H22N2O4/c1-5-21-16(20)12(3)13(4)17-18-15(19)10-22-14-9-7-6-8-11(14)2/h6-9,12H,5,10H2,1-4H3,(H,18,19)/b17-13+. The summed E-state index contributed by atoms with van der Waals surface area (Å²) in [7, 11) is 0. The van der Waals surface area contributed by atoms with E-state index in [-0.39, 0.29) is 12.6 Å². The van der Waals surface area contributed by atoms with Gasteiger partial charge in [-0.3, -0.25) is 9.59 Å². The Bertz CT molecular complexity index is 555. The molecule has 0 aromatic heterocycles. The molecule has 0 heterocycles. The van der Waals surface area contributed by atoms with E-state index in [4.69, 9.17) is 9.47 Å². The first-order valence-corrected chi connectivity index (χ1v) is 7.13. The first-order chi connectivity index (χ1) is 10.5. The molecule has 0 fully saturated rings. The lowest BCUT2D eigenvalue weighted by Gasteiger charge is -2.11. The van der Waals surface area contributed by atoms with Gasteiger partial charge in [0.2, 0.25) is 0 Å². The lowest BCUT2D eigenvalue weighted by Crippen LogP contribution is -2.28. The van der Waals surface area contributed by atoms with Crippen molar-refractivity contribution in [2.75, 3.05) is 13.2 Å². The second kappa shape index (κ2) is 8.81. The van der Waals surface area contributed by atoms with E-state index in [2.05, 4.69) is 10.5 Å². The van der Waals surface area contributed by atoms with Crippen molar-refractivity contribution < 1.29 is 19.1 Å². The molecule has 0 aliphatic heterocycles. The molecule has 1 unspecified atom stereocenters. The van der Waals surface area contributed by atoms with E-state index in [1.807, 2.05) is 25.1 Å². The number of benzene rings is 1. The lowest BCUT2D eigenvalue weighted by atomic mass is 10.1. The number of para-hydroxylation sites is 1. The Balaban J connectivity index is 2.46. The molecule has 0 radical (unpaired) electrons. The van der Waals surface area contributed by atoms with Crippen LogP contribution in [-0.2, 0) is 14.3 Å². The summed E-state index contributed by atoms with van der Waals surface area (Å²) in [5.74, 6) is -0.608. The van der Waals surface area contributed by atoms with E-state index in [9.17, 15) is 9.59 Å². The van der Waals surface area contributed by atoms with Gasteiger partial charge >= 0.3 is 5.97 Å². The van der Waals surface area contributed by atoms with Gasteiger partial charge in [-0.25, -0.2) is 5.43 Å². The summed E-state index contributed by atoms with van der Waals surface area (Å²) in [5, 5.41) is 3.90. The van der Waals surface area contributed by atoms with Crippen molar-refractivity contribution in [2.45, 2.75) is 27.7 Å². The molecule has 0 aliphatic carbocycles. The number of nitrogens with zero attached hydrogens (tertiary/aromatic N) is 1. The molecule has 0 saturated carbocycles. The molecule has 0 spiro atoms. The van der Waals surface area contributed by atoms with Gasteiger partial charge in [0.15, 0.2) is 6.61 Å². The fourth-order valence-electron chi connectivity index (χ4n) is 1.58. The zero-order valence-electron chi connectivity index (χ0n) is 13.4. The van der Waals surface area contributed by atoms with Crippen LogP contribution in [0.4, 0.5) is 0 Å². The number of hydrogen-bond acceptors (Lipinski definition) is 5. The smallest absolute Gasteiger partial charge is 0.314 e. The second-order valence-electron chi connectivity index (χ2n) is 4.82. The molecule has 1 N–H and O–H groups in total. The molecule has 0 bridgehead atoms. The van der Waals surface area contributed by atoms with Gasteiger partial charge < -0.3 is 9.47 Å². The molecule has 1 rings (SSSR count). The highest BCUT2D eigenvalue weighted by Crippen LogP contribution is 2.15. The van der Waals surface area contributed by atoms with Gasteiger partial charge in [0, 0.05) is 5.71 Å². The SMILES string of the molecule is CCOC(=O)C(C)/C(C)=N/NC(=O)COc1ccccc1C. The van der Waals surface area contributed by atoms with Crippen LogP contribution in [-0.4, -0.2) is 30.8 Å². The van der Waals surface area contributed by atoms with Crippen molar-refractivity contribution in [3.63, 3.8) is 0 Å². The van der Waals surface area contributed by atoms with Crippen molar-refractivity contribution in [2.24, 2.45) is 11.0 Å². The van der Waals surface area contributed by atoms with E-state index in [1.54, 1.807) is 26.8 Å². The molecule has 6 nitrogen and oxygen atoms in total. The number of aryl methyl sites for hydroxylation is 1. The van der Waals surface area contributed by atoms with Gasteiger partial charge in [0.1, 0.15) is 5.75 Å². The number of ether oxygens (including phenoxy) is 2. The van der Waals surface area contributed by atoms with Crippen LogP contribution in [0.15, 0.2) is 29.4 Å². The fraction of sp³-hybridized carbons (Fsp3) is 0.438. The zero-order chi connectivity index (χ0) is 16.5. The summed E-state index contributed by atoms with van der Waals surface area (Å²) in [6.45, 7) is 7.14. The first kappa shape index (κ1) is 17.7. The van der Waals surface area contributed by atoms with Crippen LogP contribution >= 0.6 is 0 Å². The minimum Gasteiger partial charge on any atom is -0.483 e. The molecule has 6 heteroatoms. The van der Waals surface area contributed by atoms with Gasteiger partial charge in [0.05, 0.1) is 12.5 Å². The molecule has 1 aromatic carbocycles. The first-order valence-electron chi connectivity index (χ1n) is 7.13. The maximum absolute atomic E-state index is 11.7. The van der Waals surface area contributed by atoms with Gasteiger partial charge in [0.25, 0.3) is 5.91 Å². The fourth-order valence-corrected chi connectivity index (χ4v) is 1.58. The number of carbonyl (C=O) groups is 2. The van der Waals surface area contributed by atoms with Crippen LogP contribution in [0.3, 0.4) is 0 Å². The van der Waals surface area contributed by atoms with Crippen molar-refractivity contribution in [1.82, 2.24) is 5.43 Å². The predicted molar refractivity (Wildman–Crippen MR) is 83.7 cm³/mol. The average Bonchev–Trinajstić information content (AvgIpc) is 2.51. The Morgan fingerprint density at radius 3 is 2.64 bits per heavy atom. The summed E-state index contributed by atoms with van der Waals surface area (Å²) in [4.78, 5) is 23.2. The lowest BCUT2D eigenvalue weighted by molar-refractivity contribution is -0.145. The van der Waals surface area contributed by atoms with Crippen molar-refractivity contribution in [3.8, 4) is 5.75 Å². The minimum atomic E-state index is -0.502. The second-order valence-corrected chi connectivity index (χ2v) is 4.82. The molecular formula is C16H22N2O4. The van der Waals surface area contributed by atoms with Crippen LogP contribution in [0.1, 0.15) is 26.3 Å². The zero-order valence-corrected chi connectivity index (χ0v) is 13.4. The normalized spacial score (nSPS) is 12.5. The Morgan fingerprint density at radius 1 is 1.32 bits per heavy atom. The van der Waals surface area contributed by atoms with Gasteiger partial charge in [-0.2, -0.15) is 5.10 Å². The molecule has 0 saturated heterocycles. The molecular weight excluding hydrogens is 284 g/mol. The highest BCUT2D eigenvalue weighted by Gasteiger charge is 2.17. The van der Waals surface area contributed by atoms with Crippen LogP contribution in [0.5, 0.6) is 5.75 Å². The Kier molecular flexibility index (Phi) is 7.08. The number of rotatable bonds is 7. The molecule has 1 aromatic rings. The summed E-state index contributed by atoms with van der Waals surface area (Å²) in [6, 6.07) is 7.42. The highest BCUT2D eigenvalue weighted by molar-refractivity contribution is 6.00. The highest BCUT2D eigenvalue weighted by atomic mass is 16.5. The number of hydrazone groups is 1. The van der Waals surface area contributed by atoms with Gasteiger partial charge in [-0.05, 0) is 39.3 Å². The monoisotopic (exact) mass is 306 g/mol. The summed E-state index contributed by atoms with van der Waals surface area (Å²) in [6.07, 6.45) is 0. The molecule has 1 atom stereocenters. The van der Waals surface area contributed by atoms with Crippen LogP contribution in [0.2, 0.25) is 0 Å². The number of hydrogen-bond donors (Lipinski definition) is 1. The Hall–Kier alpha value is -2.37. The van der Waals surface area contributed by atoms with Crippen LogP contribution in [0, 0.1) is 12.8 Å². The van der Waals surface area contributed by atoms with Crippen molar-refractivity contribution in [1.29, 1.82) is 0 Å². The molecule has 120 valence electrons. The average molecular weight is 306 g/mol. The van der Waals surface area contributed by atoms with Gasteiger partial charge in [-0.15, -0.1) is 0 Å². The van der Waals surface area contributed by atoms with E-state index in [0.717, 1.165) is 5.56 Å². The minimum absolute atomic E-state index is 0.143. The van der Waals surface area contributed by atoms with E-state index < -0.39 is 11.8 Å². The third-order valence-corrected chi connectivity index (χ3v) is 3.08. The van der Waals surface area contributed by atoms with E-state index >= 15 is 0 Å². The maximum Gasteiger partial charge on any atom is 0.314 e. The number of esters is 1. The molecule has 22 heavy (non-hydrogen) atoms. The predicted octanol–water partition coefficient (Wildman–Crippen LogP) is 2.07. The third-order valence-electron chi connectivity index (χ3n) is 3.08. The quantitative estimate of drug-likeness (QED) is 0.475.